The van der Waals surface area contributed by atoms with Crippen LogP contribution in [0.5, 0.6) is 0 Å². The van der Waals surface area contributed by atoms with E-state index >= 15 is 0 Å². The van der Waals surface area contributed by atoms with Gasteiger partial charge in [-0.2, -0.15) is 0 Å². The Morgan fingerprint density at radius 2 is 1.91 bits per heavy atom. The van der Waals surface area contributed by atoms with Crippen molar-refractivity contribution >= 4 is 46.7 Å². The average molecular weight is 494 g/mol. The van der Waals surface area contributed by atoms with E-state index in [0.29, 0.717) is 34.1 Å². The summed E-state index contributed by atoms with van der Waals surface area (Å²) in [5.74, 6) is -2.98. The van der Waals surface area contributed by atoms with Crippen LogP contribution in [0.1, 0.15) is 41.3 Å². The third-order valence-electron chi connectivity index (χ3n) is 7.83. The van der Waals surface area contributed by atoms with Crippen LogP contribution in [0.4, 0.5) is 11.4 Å². The van der Waals surface area contributed by atoms with Gasteiger partial charge in [-0.3, -0.25) is 19.3 Å². The average Bonchev–Trinajstić information content (AvgIpc) is 3.53. The van der Waals surface area contributed by atoms with Crippen LogP contribution >= 0.6 is 11.6 Å². The van der Waals surface area contributed by atoms with E-state index in [-0.39, 0.29) is 24.5 Å². The van der Waals surface area contributed by atoms with Crippen LogP contribution in [0.15, 0.2) is 36.4 Å². The van der Waals surface area contributed by atoms with Crippen LogP contribution < -0.4 is 10.2 Å². The van der Waals surface area contributed by atoms with E-state index in [9.17, 15) is 19.2 Å². The molecule has 2 aromatic rings. The largest absolute Gasteiger partial charge is 0.462 e. The Labute approximate surface area is 207 Å². The lowest BCUT2D eigenvalue weighted by molar-refractivity contribution is -0.135. The number of carbonyl (C=O) groups excluding carboxylic acids is 4. The van der Waals surface area contributed by atoms with Crippen LogP contribution in [0.2, 0.25) is 5.02 Å². The number of esters is 1. The van der Waals surface area contributed by atoms with Crippen molar-refractivity contribution in [1.82, 2.24) is 4.90 Å². The highest BCUT2D eigenvalue weighted by Crippen LogP contribution is 2.61. The number of anilines is 2. The minimum Gasteiger partial charge on any atom is -0.462 e. The molecule has 4 unspecified atom stereocenters. The smallest absolute Gasteiger partial charge is 0.338 e. The maximum absolute atomic E-state index is 14.0. The maximum Gasteiger partial charge on any atom is 0.338 e. The SMILES string of the molecule is CCOC(=O)c1ccc(N2C(=O)C3C4CCCN4C4(C(=O)Nc5c(Cl)cc(C)cc54)C3C2=O)cc1. The molecule has 8 nitrogen and oxygen atoms in total. The van der Waals surface area contributed by atoms with Gasteiger partial charge in [0.15, 0.2) is 0 Å². The molecule has 4 aliphatic heterocycles. The summed E-state index contributed by atoms with van der Waals surface area (Å²) in [5, 5.41) is 3.35. The number of hydrogen-bond donors (Lipinski definition) is 1. The number of nitrogens with zero attached hydrogens (tertiary/aromatic N) is 2. The summed E-state index contributed by atoms with van der Waals surface area (Å²) in [6.45, 7) is 4.50. The fraction of sp³-hybridized carbons (Fsp3) is 0.385. The zero-order valence-corrected chi connectivity index (χ0v) is 20.1. The molecule has 4 atom stereocenters. The highest BCUT2D eigenvalue weighted by atomic mass is 35.5. The Morgan fingerprint density at radius 3 is 2.63 bits per heavy atom. The van der Waals surface area contributed by atoms with E-state index in [1.807, 2.05) is 13.0 Å². The molecular weight excluding hydrogens is 470 g/mol. The lowest BCUT2D eigenvalue weighted by Crippen LogP contribution is -2.54. The van der Waals surface area contributed by atoms with Crippen molar-refractivity contribution in [2.24, 2.45) is 11.8 Å². The molecule has 0 saturated carbocycles. The van der Waals surface area contributed by atoms with Crippen molar-refractivity contribution in [3.63, 3.8) is 0 Å². The van der Waals surface area contributed by atoms with Crippen LogP contribution in [-0.2, 0) is 24.7 Å². The van der Waals surface area contributed by atoms with Gasteiger partial charge in [0.25, 0.3) is 5.91 Å². The molecule has 0 bridgehead atoms. The van der Waals surface area contributed by atoms with E-state index in [2.05, 4.69) is 10.2 Å². The predicted molar refractivity (Wildman–Crippen MR) is 128 cm³/mol. The third kappa shape index (κ3) is 2.78. The van der Waals surface area contributed by atoms with Crippen molar-refractivity contribution < 1.29 is 23.9 Å². The number of halogens is 1. The number of benzene rings is 2. The zero-order valence-electron chi connectivity index (χ0n) is 19.3. The second kappa shape index (κ2) is 7.63. The first-order valence-electron chi connectivity index (χ1n) is 11.8. The Hall–Kier alpha value is -3.23. The van der Waals surface area contributed by atoms with Gasteiger partial charge < -0.3 is 10.1 Å². The van der Waals surface area contributed by atoms with Crippen molar-refractivity contribution in [2.45, 2.75) is 38.3 Å². The molecule has 3 saturated heterocycles. The van der Waals surface area contributed by atoms with Crippen molar-refractivity contribution in [3.05, 3.63) is 58.1 Å². The first kappa shape index (κ1) is 22.2. The summed E-state index contributed by atoms with van der Waals surface area (Å²) in [4.78, 5) is 56.8. The van der Waals surface area contributed by atoms with Gasteiger partial charge in [0.2, 0.25) is 11.8 Å². The predicted octanol–water partition coefficient (Wildman–Crippen LogP) is 3.26. The van der Waals surface area contributed by atoms with E-state index in [1.165, 1.54) is 4.90 Å². The summed E-state index contributed by atoms with van der Waals surface area (Å²) < 4.78 is 5.02. The van der Waals surface area contributed by atoms with E-state index < -0.39 is 29.3 Å². The molecule has 0 aliphatic carbocycles. The molecule has 4 heterocycles. The lowest BCUT2D eigenvalue weighted by atomic mass is 9.75. The minimum atomic E-state index is -1.27. The van der Waals surface area contributed by atoms with Crippen LogP contribution in [0.25, 0.3) is 0 Å². The van der Waals surface area contributed by atoms with Crippen molar-refractivity contribution in [2.75, 3.05) is 23.4 Å². The number of nitrogens with one attached hydrogen (secondary N) is 1. The molecule has 2 aromatic carbocycles. The topological polar surface area (TPSA) is 96.0 Å². The molecule has 3 amide bonds. The van der Waals surface area contributed by atoms with Gasteiger partial charge in [0.05, 0.1) is 40.4 Å². The van der Waals surface area contributed by atoms with Crippen LogP contribution in [0.3, 0.4) is 0 Å². The van der Waals surface area contributed by atoms with E-state index in [0.717, 1.165) is 18.4 Å². The number of ether oxygens (including phenoxy) is 1. The lowest BCUT2D eigenvalue weighted by Gasteiger charge is -2.36. The Bertz CT molecular complexity index is 1310. The Morgan fingerprint density at radius 1 is 1.17 bits per heavy atom. The molecule has 180 valence electrons. The number of imide groups is 1. The van der Waals surface area contributed by atoms with Gasteiger partial charge >= 0.3 is 5.97 Å². The molecule has 0 radical (unpaired) electrons. The molecule has 6 rings (SSSR count). The fourth-order valence-corrected chi connectivity index (χ4v) is 6.93. The molecule has 1 spiro atoms. The number of carbonyl (C=O) groups is 4. The van der Waals surface area contributed by atoms with Gasteiger partial charge in [-0.25, -0.2) is 9.69 Å². The first-order chi connectivity index (χ1) is 16.8. The highest BCUT2D eigenvalue weighted by Gasteiger charge is 2.74. The van der Waals surface area contributed by atoms with Crippen molar-refractivity contribution in [3.8, 4) is 0 Å². The monoisotopic (exact) mass is 493 g/mol. The molecule has 4 aliphatic rings. The maximum atomic E-state index is 14.0. The molecule has 35 heavy (non-hydrogen) atoms. The standard InChI is InChI=1S/C26H24ClN3O5/c1-3-35-24(33)14-6-8-15(9-7-14)30-22(31)19-18-5-4-10-29(18)26(20(19)23(30)32)16-11-13(2)12-17(27)21(16)28-25(26)34/h6-9,11-12,18-20H,3-5,10H2,1-2H3,(H,28,34). The summed E-state index contributed by atoms with van der Waals surface area (Å²) in [7, 11) is 0. The van der Waals surface area contributed by atoms with Crippen LogP contribution in [-0.4, -0.2) is 47.8 Å². The summed E-state index contributed by atoms with van der Waals surface area (Å²) in [5.41, 5.74) is 1.51. The summed E-state index contributed by atoms with van der Waals surface area (Å²) in [6, 6.07) is 9.72. The van der Waals surface area contributed by atoms with Gasteiger partial charge in [0, 0.05) is 11.6 Å². The number of aryl methyl sites for hydroxylation is 1. The van der Waals surface area contributed by atoms with E-state index in [1.54, 1.807) is 37.3 Å². The van der Waals surface area contributed by atoms with Gasteiger partial charge in [-0.15, -0.1) is 0 Å². The second-order valence-corrected chi connectivity index (χ2v) is 9.98. The van der Waals surface area contributed by atoms with Gasteiger partial charge in [0.1, 0.15) is 5.54 Å². The third-order valence-corrected chi connectivity index (χ3v) is 8.13. The number of amides is 3. The van der Waals surface area contributed by atoms with Gasteiger partial charge in [-0.1, -0.05) is 17.7 Å². The second-order valence-electron chi connectivity index (χ2n) is 9.58. The minimum absolute atomic E-state index is 0.212. The van der Waals surface area contributed by atoms with E-state index in [4.69, 9.17) is 16.3 Å². The van der Waals surface area contributed by atoms with Gasteiger partial charge in [-0.05, 0) is 69.1 Å². The molecule has 3 fully saturated rings. The normalized spacial score (nSPS) is 28.9. The number of rotatable bonds is 3. The fourth-order valence-electron chi connectivity index (χ4n) is 6.61. The molecule has 1 N–H and O–H groups in total. The first-order valence-corrected chi connectivity index (χ1v) is 12.2. The zero-order chi connectivity index (χ0) is 24.6. The molecular formula is C26H24ClN3O5. The molecule has 0 aromatic heterocycles. The highest BCUT2D eigenvalue weighted by molar-refractivity contribution is 6.35. The quantitative estimate of drug-likeness (QED) is 0.521. The summed E-state index contributed by atoms with van der Waals surface area (Å²) >= 11 is 6.51. The summed E-state index contributed by atoms with van der Waals surface area (Å²) in [6.07, 6.45) is 1.58. The van der Waals surface area contributed by atoms with Crippen LogP contribution in [0, 0.1) is 18.8 Å². The molecule has 9 heteroatoms. The Balaban J connectivity index is 1.46. The number of fused-ring (bicyclic) bond motifs is 7. The Kier molecular flexibility index (Phi) is 4.85. The van der Waals surface area contributed by atoms with Crippen molar-refractivity contribution in [1.29, 1.82) is 0 Å². The number of hydrogen-bond acceptors (Lipinski definition) is 6.